The molecule has 5 N–H and O–H groups in total. The second-order valence-corrected chi connectivity index (χ2v) is 3.52. The molecule has 0 saturated heterocycles. The van der Waals surface area contributed by atoms with Crippen molar-refractivity contribution in [3.63, 3.8) is 0 Å². The van der Waals surface area contributed by atoms with Crippen LogP contribution in [0.1, 0.15) is 5.56 Å². The molecule has 0 aliphatic carbocycles. The van der Waals surface area contributed by atoms with Crippen LogP contribution in [0.2, 0.25) is 0 Å². The first-order chi connectivity index (χ1) is 7.66. The predicted molar refractivity (Wildman–Crippen MR) is 65.3 cm³/mol. The van der Waals surface area contributed by atoms with Crippen molar-refractivity contribution in [2.24, 2.45) is 0 Å². The van der Waals surface area contributed by atoms with E-state index in [2.05, 4.69) is 15.3 Å². The number of nitrogens with two attached hydrogens (primary N) is 2. The molecule has 5 heteroatoms. The van der Waals surface area contributed by atoms with Crippen LogP contribution >= 0.6 is 0 Å². The summed E-state index contributed by atoms with van der Waals surface area (Å²) in [5.74, 6) is 0.809. The van der Waals surface area contributed by atoms with Crippen molar-refractivity contribution >= 4 is 23.0 Å². The topological polar surface area (TPSA) is 89.8 Å². The van der Waals surface area contributed by atoms with Gasteiger partial charge in [0, 0.05) is 5.69 Å². The maximum absolute atomic E-state index is 5.76. The quantitative estimate of drug-likeness (QED) is 0.709. The first-order valence-corrected chi connectivity index (χ1v) is 4.86. The van der Waals surface area contributed by atoms with Crippen molar-refractivity contribution in [2.75, 3.05) is 16.8 Å². The Morgan fingerprint density at radius 3 is 2.75 bits per heavy atom. The van der Waals surface area contributed by atoms with Crippen LogP contribution in [-0.4, -0.2) is 9.97 Å². The maximum atomic E-state index is 5.76. The molecule has 0 aliphatic rings. The highest BCUT2D eigenvalue weighted by atomic mass is 15.1. The molecule has 0 fully saturated rings. The van der Waals surface area contributed by atoms with Crippen molar-refractivity contribution in [3.8, 4) is 0 Å². The van der Waals surface area contributed by atoms with E-state index in [4.69, 9.17) is 11.5 Å². The minimum absolute atomic E-state index is 0.283. The summed E-state index contributed by atoms with van der Waals surface area (Å²) in [7, 11) is 0. The molecule has 2 aromatic rings. The monoisotopic (exact) mass is 215 g/mol. The van der Waals surface area contributed by atoms with Crippen LogP contribution in [-0.2, 0) is 0 Å². The lowest BCUT2D eigenvalue weighted by Gasteiger charge is -2.09. The van der Waals surface area contributed by atoms with Crippen LogP contribution in [0, 0.1) is 6.92 Å². The standard InChI is InChI=1S/C11H13N5/c1-7-3-2-4-8(5-7)16-11-9(12)10(13)14-6-15-11/h2-6H,12H2,1H3,(H3,13,14,15,16). The number of nitrogens with zero attached hydrogens (tertiary/aromatic N) is 2. The Morgan fingerprint density at radius 2 is 2.00 bits per heavy atom. The molecule has 0 radical (unpaired) electrons. The van der Waals surface area contributed by atoms with Gasteiger partial charge in [0.05, 0.1) is 0 Å². The third-order valence-corrected chi connectivity index (χ3v) is 2.20. The van der Waals surface area contributed by atoms with Crippen LogP contribution in [0.5, 0.6) is 0 Å². The SMILES string of the molecule is Cc1cccc(Nc2ncnc(N)c2N)c1. The van der Waals surface area contributed by atoms with Crippen molar-refractivity contribution in [1.29, 1.82) is 0 Å². The lowest BCUT2D eigenvalue weighted by molar-refractivity contribution is 1.18. The zero-order chi connectivity index (χ0) is 11.5. The Kier molecular flexibility index (Phi) is 2.59. The molecule has 0 amide bonds. The summed E-state index contributed by atoms with van der Waals surface area (Å²) in [6.45, 7) is 2.02. The Morgan fingerprint density at radius 1 is 1.19 bits per heavy atom. The molecule has 1 aromatic heterocycles. The predicted octanol–water partition coefficient (Wildman–Crippen LogP) is 1.69. The Bertz CT molecular complexity index is 509. The highest BCUT2D eigenvalue weighted by molar-refractivity contribution is 5.76. The molecule has 0 bridgehead atoms. The number of rotatable bonds is 2. The van der Waals surface area contributed by atoms with Crippen LogP contribution in [0.3, 0.4) is 0 Å². The number of nitrogens with one attached hydrogen (secondary N) is 1. The first-order valence-electron chi connectivity index (χ1n) is 4.86. The summed E-state index contributed by atoms with van der Waals surface area (Å²) in [4.78, 5) is 7.84. The highest BCUT2D eigenvalue weighted by Gasteiger charge is 2.04. The van der Waals surface area contributed by atoms with E-state index < -0.39 is 0 Å². The zero-order valence-electron chi connectivity index (χ0n) is 8.94. The van der Waals surface area contributed by atoms with Crippen molar-refractivity contribution in [3.05, 3.63) is 36.2 Å². The first kappa shape index (κ1) is 10.2. The van der Waals surface area contributed by atoms with Gasteiger partial charge in [-0.2, -0.15) is 0 Å². The number of benzene rings is 1. The van der Waals surface area contributed by atoms with Crippen molar-refractivity contribution < 1.29 is 0 Å². The summed E-state index contributed by atoms with van der Waals surface area (Å²) in [5, 5.41) is 3.10. The normalized spacial score (nSPS) is 10.1. The molecule has 16 heavy (non-hydrogen) atoms. The van der Waals surface area contributed by atoms with Gasteiger partial charge in [-0.25, -0.2) is 9.97 Å². The second kappa shape index (κ2) is 4.06. The highest BCUT2D eigenvalue weighted by Crippen LogP contribution is 2.23. The van der Waals surface area contributed by atoms with E-state index in [9.17, 15) is 0 Å². The van der Waals surface area contributed by atoms with Gasteiger partial charge in [0.2, 0.25) is 0 Å². The molecule has 1 aromatic carbocycles. The van der Waals surface area contributed by atoms with Crippen LogP contribution in [0.15, 0.2) is 30.6 Å². The minimum atomic E-state index is 0.283. The van der Waals surface area contributed by atoms with Gasteiger partial charge in [-0.3, -0.25) is 0 Å². The molecular formula is C11H13N5. The average molecular weight is 215 g/mol. The molecule has 0 unspecified atom stereocenters. The molecule has 2 rings (SSSR count). The van der Waals surface area contributed by atoms with E-state index in [1.54, 1.807) is 0 Å². The van der Waals surface area contributed by atoms with E-state index >= 15 is 0 Å². The third-order valence-electron chi connectivity index (χ3n) is 2.20. The second-order valence-electron chi connectivity index (χ2n) is 3.52. The van der Waals surface area contributed by atoms with E-state index in [0.717, 1.165) is 11.3 Å². The number of aryl methyl sites for hydroxylation is 1. The minimum Gasteiger partial charge on any atom is -0.393 e. The van der Waals surface area contributed by atoms with Gasteiger partial charge < -0.3 is 16.8 Å². The summed E-state index contributed by atoms with van der Waals surface area (Å²) in [5.41, 5.74) is 13.8. The van der Waals surface area contributed by atoms with Crippen LogP contribution < -0.4 is 16.8 Å². The van der Waals surface area contributed by atoms with Gasteiger partial charge >= 0.3 is 0 Å². The van der Waals surface area contributed by atoms with Crippen molar-refractivity contribution in [1.82, 2.24) is 9.97 Å². The van der Waals surface area contributed by atoms with Gasteiger partial charge in [-0.1, -0.05) is 12.1 Å². The molecule has 0 spiro atoms. The summed E-state index contributed by atoms with van der Waals surface area (Å²) >= 11 is 0. The van der Waals surface area contributed by atoms with Crippen LogP contribution in [0.4, 0.5) is 23.0 Å². The van der Waals surface area contributed by atoms with Crippen molar-refractivity contribution in [2.45, 2.75) is 6.92 Å². The lowest BCUT2D eigenvalue weighted by atomic mass is 10.2. The van der Waals surface area contributed by atoms with E-state index in [1.165, 1.54) is 6.33 Å². The molecular weight excluding hydrogens is 202 g/mol. The number of hydrogen-bond donors (Lipinski definition) is 3. The molecule has 0 aliphatic heterocycles. The number of anilines is 4. The fourth-order valence-electron chi connectivity index (χ4n) is 1.37. The molecule has 5 nitrogen and oxygen atoms in total. The largest absolute Gasteiger partial charge is 0.393 e. The number of aromatic nitrogens is 2. The van der Waals surface area contributed by atoms with E-state index in [0.29, 0.717) is 11.5 Å². The van der Waals surface area contributed by atoms with Gasteiger partial charge in [0.1, 0.15) is 12.0 Å². The summed E-state index contributed by atoms with van der Waals surface area (Å²) in [6, 6.07) is 7.91. The molecule has 0 atom stereocenters. The van der Waals surface area contributed by atoms with E-state index in [1.807, 2.05) is 31.2 Å². The molecule has 1 heterocycles. The van der Waals surface area contributed by atoms with E-state index in [-0.39, 0.29) is 5.82 Å². The van der Waals surface area contributed by atoms with Gasteiger partial charge in [-0.05, 0) is 24.6 Å². The van der Waals surface area contributed by atoms with Gasteiger partial charge in [-0.15, -0.1) is 0 Å². The average Bonchev–Trinajstić information content (AvgIpc) is 2.25. The fraction of sp³-hybridized carbons (Fsp3) is 0.0909. The smallest absolute Gasteiger partial charge is 0.159 e. The molecule has 0 saturated carbocycles. The summed E-state index contributed by atoms with van der Waals surface area (Å²) in [6.07, 6.45) is 1.38. The fourth-order valence-corrected chi connectivity index (χ4v) is 1.37. The third kappa shape index (κ3) is 2.03. The Labute approximate surface area is 93.5 Å². The van der Waals surface area contributed by atoms with Gasteiger partial charge in [0.25, 0.3) is 0 Å². The molecule has 82 valence electrons. The number of nitrogen functional groups attached to an aromatic ring is 2. The maximum Gasteiger partial charge on any atom is 0.159 e. The number of hydrogen-bond acceptors (Lipinski definition) is 5. The van der Waals surface area contributed by atoms with Gasteiger partial charge in [0.15, 0.2) is 11.6 Å². The lowest BCUT2D eigenvalue weighted by Crippen LogP contribution is -2.04. The Balaban J connectivity index is 2.31. The van der Waals surface area contributed by atoms with Crippen LogP contribution in [0.25, 0.3) is 0 Å². The summed E-state index contributed by atoms with van der Waals surface area (Å²) < 4.78 is 0. The Hall–Kier alpha value is -2.30. The zero-order valence-corrected chi connectivity index (χ0v) is 8.94.